The van der Waals surface area contributed by atoms with Crippen molar-refractivity contribution in [2.45, 2.75) is 0 Å². The first kappa shape index (κ1) is 14.0. The summed E-state index contributed by atoms with van der Waals surface area (Å²) >= 11 is 3.36. The van der Waals surface area contributed by atoms with Crippen LogP contribution in [0.25, 0.3) is 21.7 Å². The quantitative estimate of drug-likeness (QED) is 0.490. The molecule has 1 aromatic heterocycles. The molecular formula is C19H11BrO3. The molecule has 1 N–H and O–H groups in total. The van der Waals surface area contributed by atoms with Crippen LogP contribution in [-0.4, -0.2) is 10.9 Å². The average molecular weight is 367 g/mol. The minimum atomic E-state index is -0.133. The third kappa shape index (κ3) is 2.23. The fraction of sp³-hybridized carbons (Fsp3) is 0. The van der Waals surface area contributed by atoms with Gasteiger partial charge in [0.1, 0.15) is 17.6 Å². The summed E-state index contributed by atoms with van der Waals surface area (Å²) in [6.07, 6.45) is 1.46. The van der Waals surface area contributed by atoms with Gasteiger partial charge in [0.05, 0.1) is 5.56 Å². The second-order valence-electron chi connectivity index (χ2n) is 5.30. The van der Waals surface area contributed by atoms with Crippen LogP contribution in [0.5, 0.6) is 5.75 Å². The van der Waals surface area contributed by atoms with Crippen LogP contribution in [0, 0.1) is 0 Å². The highest BCUT2D eigenvalue weighted by Gasteiger charge is 2.18. The number of benzene rings is 3. The Bertz CT molecular complexity index is 1050. The predicted molar refractivity (Wildman–Crippen MR) is 93.0 cm³/mol. The summed E-state index contributed by atoms with van der Waals surface area (Å²) in [5.41, 5.74) is 1.63. The van der Waals surface area contributed by atoms with E-state index in [9.17, 15) is 9.90 Å². The number of hydrogen-bond acceptors (Lipinski definition) is 3. The van der Waals surface area contributed by atoms with E-state index in [2.05, 4.69) is 15.9 Å². The van der Waals surface area contributed by atoms with Crippen molar-refractivity contribution in [2.75, 3.05) is 0 Å². The van der Waals surface area contributed by atoms with E-state index in [0.717, 1.165) is 9.86 Å². The van der Waals surface area contributed by atoms with Crippen molar-refractivity contribution in [3.05, 3.63) is 76.5 Å². The maximum Gasteiger partial charge on any atom is 0.196 e. The maximum atomic E-state index is 12.7. The predicted octanol–water partition coefficient (Wildman–Crippen LogP) is 5.29. The normalized spacial score (nSPS) is 11.2. The number of carbonyl (C=O) groups excluding carboxylic acids is 1. The maximum absolute atomic E-state index is 12.7. The molecule has 0 atom stereocenters. The van der Waals surface area contributed by atoms with Gasteiger partial charge in [0.25, 0.3) is 0 Å². The Balaban J connectivity index is 1.95. The Labute approximate surface area is 140 Å². The molecule has 23 heavy (non-hydrogen) atoms. The van der Waals surface area contributed by atoms with E-state index in [1.807, 2.05) is 36.4 Å². The summed E-state index contributed by atoms with van der Waals surface area (Å²) in [6.45, 7) is 0. The molecule has 0 aliphatic carbocycles. The van der Waals surface area contributed by atoms with E-state index in [0.29, 0.717) is 27.5 Å². The van der Waals surface area contributed by atoms with Crippen LogP contribution in [-0.2, 0) is 0 Å². The Morgan fingerprint density at radius 3 is 2.39 bits per heavy atom. The van der Waals surface area contributed by atoms with E-state index in [4.69, 9.17) is 4.42 Å². The number of phenolic OH excluding ortho intramolecular Hbond substituents is 1. The van der Waals surface area contributed by atoms with Crippen LogP contribution < -0.4 is 0 Å². The largest absolute Gasteiger partial charge is 0.507 e. The van der Waals surface area contributed by atoms with E-state index in [1.165, 1.54) is 6.26 Å². The number of hydrogen-bond donors (Lipinski definition) is 1. The zero-order chi connectivity index (χ0) is 16.0. The lowest BCUT2D eigenvalue weighted by atomic mass is 10.00. The third-order valence-corrected chi connectivity index (χ3v) is 4.44. The van der Waals surface area contributed by atoms with E-state index < -0.39 is 0 Å². The monoisotopic (exact) mass is 366 g/mol. The average Bonchev–Trinajstić information content (AvgIpc) is 2.99. The number of halogens is 1. The minimum absolute atomic E-state index is 0.133. The van der Waals surface area contributed by atoms with Crippen LogP contribution in [0.15, 0.2) is 69.8 Å². The van der Waals surface area contributed by atoms with Crippen molar-refractivity contribution in [1.29, 1.82) is 0 Å². The van der Waals surface area contributed by atoms with Crippen molar-refractivity contribution in [3.8, 4) is 5.75 Å². The van der Waals surface area contributed by atoms with Gasteiger partial charge in [-0.2, -0.15) is 0 Å². The van der Waals surface area contributed by atoms with Crippen LogP contribution in [0.2, 0.25) is 0 Å². The zero-order valence-corrected chi connectivity index (χ0v) is 13.5. The fourth-order valence-electron chi connectivity index (χ4n) is 2.77. The van der Waals surface area contributed by atoms with Gasteiger partial charge >= 0.3 is 0 Å². The molecule has 3 aromatic carbocycles. The molecule has 0 saturated heterocycles. The van der Waals surface area contributed by atoms with Gasteiger partial charge in [-0.25, -0.2) is 0 Å². The topological polar surface area (TPSA) is 50.4 Å². The van der Waals surface area contributed by atoms with Crippen LogP contribution in [0.1, 0.15) is 15.9 Å². The SMILES string of the molecule is O=C(c1ccc(Br)cc1)c1coc2c1cc(O)c1ccccc12. The third-order valence-electron chi connectivity index (χ3n) is 3.91. The molecule has 112 valence electrons. The minimum Gasteiger partial charge on any atom is -0.507 e. The fourth-order valence-corrected chi connectivity index (χ4v) is 3.03. The summed E-state index contributed by atoms with van der Waals surface area (Å²) in [7, 11) is 0. The van der Waals surface area contributed by atoms with Crippen molar-refractivity contribution < 1.29 is 14.3 Å². The van der Waals surface area contributed by atoms with Crippen molar-refractivity contribution >= 4 is 43.5 Å². The van der Waals surface area contributed by atoms with Gasteiger partial charge in [-0.1, -0.05) is 40.2 Å². The first-order valence-corrected chi connectivity index (χ1v) is 7.86. The molecule has 0 unspecified atom stereocenters. The van der Waals surface area contributed by atoms with Crippen LogP contribution in [0.3, 0.4) is 0 Å². The van der Waals surface area contributed by atoms with Gasteiger partial charge in [-0.15, -0.1) is 0 Å². The first-order valence-electron chi connectivity index (χ1n) is 7.07. The Hall–Kier alpha value is -2.59. The molecule has 1 heterocycles. The van der Waals surface area contributed by atoms with Crippen molar-refractivity contribution in [3.63, 3.8) is 0 Å². The lowest BCUT2D eigenvalue weighted by molar-refractivity contribution is 0.103. The lowest BCUT2D eigenvalue weighted by Gasteiger charge is -2.03. The highest BCUT2D eigenvalue weighted by Crippen LogP contribution is 2.36. The lowest BCUT2D eigenvalue weighted by Crippen LogP contribution is -1.99. The summed E-state index contributed by atoms with van der Waals surface area (Å²) in [4.78, 5) is 12.7. The smallest absolute Gasteiger partial charge is 0.196 e. The first-order chi connectivity index (χ1) is 11.1. The molecule has 0 bridgehead atoms. The van der Waals surface area contributed by atoms with Crippen molar-refractivity contribution in [2.24, 2.45) is 0 Å². The Morgan fingerprint density at radius 1 is 0.957 bits per heavy atom. The summed E-state index contributed by atoms with van der Waals surface area (Å²) in [5.74, 6) is 0.00490. The standard InChI is InChI=1S/C19H11BrO3/c20-12-7-5-11(6-8-12)18(22)16-10-23-19-14-4-2-1-3-13(14)17(21)9-15(16)19/h1-10,21H. The molecule has 0 aliphatic heterocycles. The summed E-state index contributed by atoms with van der Waals surface area (Å²) in [6, 6.07) is 16.2. The zero-order valence-electron chi connectivity index (χ0n) is 11.9. The molecule has 0 saturated carbocycles. The molecule has 0 fully saturated rings. The molecule has 0 amide bonds. The summed E-state index contributed by atoms with van der Waals surface area (Å²) < 4.78 is 6.55. The van der Waals surface area contributed by atoms with Gasteiger partial charge in [0.2, 0.25) is 0 Å². The second-order valence-corrected chi connectivity index (χ2v) is 6.22. The highest BCUT2D eigenvalue weighted by molar-refractivity contribution is 9.10. The molecule has 4 rings (SSSR count). The molecule has 0 aliphatic rings. The van der Waals surface area contributed by atoms with E-state index in [-0.39, 0.29) is 11.5 Å². The van der Waals surface area contributed by atoms with Gasteiger partial charge in [-0.3, -0.25) is 4.79 Å². The number of ketones is 1. The molecule has 4 aromatic rings. The van der Waals surface area contributed by atoms with Gasteiger partial charge < -0.3 is 9.52 Å². The van der Waals surface area contributed by atoms with E-state index in [1.54, 1.807) is 18.2 Å². The second kappa shape index (κ2) is 5.25. The Morgan fingerprint density at radius 2 is 1.65 bits per heavy atom. The molecule has 4 heteroatoms. The number of furan rings is 1. The molecule has 0 radical (unpaired) electrons. The molecule has 3 nitrogen and oxygen atoms in total. The number of phenols is 1. The number of aromatic hydroxyl groups is 1. The molecule has 0 spiro atoms. The summed E-state index contributed by atoms with van der Waals surface area (Å²) in [5, 5.41) is 12.4. The Kier molecular flexibility index (Phi) is 3.20. The van der Waals surface area contributed by atoms with Gasteiger partial charge in [0, 0.05) is 26.2 Å². The van der Waals surface area contributed by atoms with Crippen molar-refractivity contribution in [1.82, 2.24) is 0 Å². The van der Waals surface area contributed by atoms with E-state index >= 15 is 0 Å². The molecular weight excluding hydrogens is 356 g/mol. The number of rotatable bonds is 2. The number of carbonyl (C=O) groups is 1. The highest BCUT2D eigenvalue weighted by atomic mass is 79.9. The van der Waals surface area contributed by atoms with Crippen LogP contribution >= 0.6 is 15.9 Å². The van der Waals surface area contributed by atoms with Gasteiger partial charge in [0.15, 0.2) is 5.78 Å². The number of fused-ring (bicyclic) bond motifs is 3. The van der Waals surface area contributed by atoms with Crippen LogP contribution in [0.4, 0.5) is 0 Å². The van der Waals surface area contributed by atoms with Gasteiger partial charge in [-0.05, 0) is 30.3 Å².